The van der Waals surface area contributed by atoms with Gasteiger partial charge in [-0.2, -0.15) is 0 Å². The second-order valence-corrected chi connectivity index (χ2v) is 5.96. The van der Waals surface area contributed by atoms with Crippen LogP contribution in [0.3, 0.4) is 0 Å². The van der Waals surface area contributed by atoms with E-state index in [0.717, 1.165) is 17.7 Å². The Bertz CT molecular complexity index is 697. The van der Waals surface area contributed by atoms with E-state index in [1.165, 1.54) is 5.56 Å². The number of benzene rings is 2. The Morgan fingerprint density at radius 1 is 1.10 bits per heavy atom. The van der Waals surface area contributed by atoms with Crippen molar-refractivity contribution >= 4 is 34.2 Å². The van der Waals surface area contributed by atoms with E-state index in [9.17, 15) is 0 Å². The maximum atomic E-state index is 6.39. The second kappa shape index (κ2) is 5.36. The molecule has 4 heteroatoms. The number of nitrogens with zero attached hydrogens (tertiary/aromatic N) is 2. The zero-order chi connectivity index (χ0) is 15.0. The van der Waals surface area contributed by atoms with Crippen LogP contribution in [0.25, 0.3) is 0 Å². The van der Waals surface area contributed by atoms with Gasteiger partial charge in [0.25, 0.3) is 0 Å². The first-order chi connectivity index (χ1) is 10.1. The number of rotatable bonds is 2. The normalized spacial score (nSPS) is 21.0. The average molecular weight is 319 g/mol. The molecular formula is C17H16Cl2N2. The number of amidine groups is 1. The minimum Gasteiger partial charge on any atom is -0.336 e. The van der Waals surface area contributed by atoms with Crippen LogP contribution in [0.5, 0.6) is 0 Å². The molecule has 1 aliphatic rings. The van der Waals surface area contributed by atoms with Crippen LogP contribution >= 0.6 is 23.2 Å². The summed E-state index contributed by atoms with van der Waals surface area (Å²) in [6.07, 6.45) is 0.868. The largest absolute Gasteiger partial charge is 0.336 e. The zero-order valence-electron chi connectivity index (χ0n) is 12.0. The molecular weight excluding hydrogens is 303 g/mol. The molecule has 108 valence electrons. The molecule has 21 heavy (non-hydrogen) atoms. The molecule has 2 aromatic carbocycles. The number of hydrogen-bond donors (Lipinski definition) is 0. The molecule has 0 aliphatic carbocycles. The molecule has 0 fully saturated rings. The van der Waals surface area contributed by atoms with Crippen LogP contribution in [0, 0.1) is 0 Å². The van der Waals surface area contributed by atoms with E-state index in [0.29, 0.717) is 10.3 Å². The molecule has 0 amide bonds. The van der Waals surface area contributed by atoms with Crippen LogP contribution in [0.1, 0.15) is 24.5 Å². The Morgan fingerprint density at radius 3 is 2.48 bits per heavy atom. The summed E-state index contributed by atoms with van der Waals surface area (Å²) in [5, 5.41) is 1.21. The van der Waals surface area contributed by atoms with Crippen molar-refractivity contribution in [2.24, 2.45) is 4.99 Å². The van der Waals surface area contributed by atoms with E-state index >= 15 is 0 Å². The van der Waals surface area contributed by atoms with E-state index in [4.69, 9.17) is 23.2 Å². The van der Waals surface area contributed by atoms with Gasteiger partial charge >= 0.3 is 0 Å². The van der Waals surface area contributed by atoms with Crippen molar-refractivity contribution < 1.29 is 0 Å². The Morgan fingerprint density at radius 2 is 1.81 bits per heavy atom. The summed E-state index contributed by atoms with van der Waals surface area (Å²) >= 11 is 12.6. The fourth-order valence-corrected chi connectivity index (χ4v) is 3.55. The minimum atomic E-state index is -0.347. The molecule has 0 radical (unpaired) electrons. The van der Waals surface area contributed by atoms with Gasteiger partial charge in [-0.3, -0.25) is 0 Å². The zero-order valence-corrected chi connectivity index (χ0v) is 13.5. The first-order valence-corrected chi connectivity index (χ1v) is 7.68. The molecule has 0 saturated carbocycles. The van der Waals surface area contributed by atoms with Crippen LogP contribution in [0.15, 0.2) is 53.5 Å². The van der Waals surface area contributed by atoms with Gasteiger partial charge in [-0.15, -0.1) is 0 Å². The van der Waals surface area contributed by atoms with Gasteiger partial charge in [-0.1, -0.05) is 48.9 Å². The van der Waals surface area contributed by atoms with Crippen molar-refractivity contribution in [1.82, 2.24) is 4.90 Å². The Kier molecular flexibility index (Phi) is 3.68. The van der Waals surface area contributed by atoms with E-state index in [1.54, 1.807) is 0 Å². The van der Waals surface area contributed by atoms with Crippen molar-refractivity contribution in [1.29, 1.82) is 0 Å². The molecule has 2 aromatic rings. The summed E-state index contributed by atoms with van der Waals surface area (Å²) in [6, 6.07) is 16.1. The van der Waals surface area contributed by atoms with Crippen molar-refractivity contribution in [2.45, 2.75) is 18.9 Å². The first kappa shape index (κ1) is 14.4. The summed E-state index contributed by atoms with van der Waals surface area (Å²) in [5.41, 5.74) is 2.82. The van der Waals surface area contributed by atoms with E-state index < -0.39 is 0 Å². The third kappa shape index (κ3) is 2.14. The van der Waals surface area contributed by atoms with Gasteiger partial charge in [-0.25, -0.2) is 4.99 Å². The third-order valence-corrected chi connectivity index (χ3v) is 4.80. The smallest absolute Gasteiger partial charge is 0.199 e. The van der Waals surface area contributed by atoms with Gasteiger partial charge in [0.15, 0.2) is 5.29 Å². The Labute approximate surface area is 135 Å². The molecule has 0 N–H and O–H groups in total. The highest BCUT2D eigenvalue weighted by Crippen LogP contribution is 2.47. The standard InChI is InChI=1S/C17H16Cl2N2/c1-3-17(12-7-5-4-6-8-12)14-11-13(18)9-10-15(14)20-16(19)21(17)2/h4-11H,3H2,1-2H3. The summed E-state index contributed by atoms with van der Waals surface area (Å²) in [5.74, 6) is 0. The molecule has 1 atom stereocenters. The van der Waals surface area contributed by atoms with Gasteiger partial charge in [0, 0.05) is 17.6 Å². The molecule has 0 bridgehead atoms. The molecule has 1 aliphatic heterocycles. The third-order valence-electron chi connectivity index (χ3n) is 4.23. The van der Waals surface area contributed by atoms with Crippen molar-refractivity contribution in [2.75, 3.05) is 7.05 Å². The lowest BCUT2D eigenvalue weighted by atomic mass is 9.78. The van der Waals surface area contributed by atoms with Crippen LogP contribution < -0.4 is 0 Å². The molecule has 1 heterocycles. The quantitative estimate of drug-likeness (QED) is 0.698. The molecule has 0 aromatic heterocycles. The topological polar surface area (TPSA) is 15.6 Å². The van der Waals surface area contributed by atoms with Gasteiger partial charge in [0.05, 0.1) is 11.2 Å². The summed E-state index contributed by atoms with van der Waals surface area (Å²) in [6.45, 7) is 2.16. The van der Waals surface area contributed by atoms with Crippen LogP contribution in [0.2, 0.25) is 5.02 Å². The maximum Gasteiger partial charge on any atom is 0.199 e. The number of hydrogen-bond acceptors (Lipinski definition) is 2. The molecule has 0 spiro atoms. The van der Waals surface area contributed by atoms with Crippen molar-refractivity contribution in [3.8, 4) is 0 Å². The van der Waals surface area contributed by atoms with E-state index in [-0.39, 0.29) is 5.54 Å². The highest BCUT2D eigenvalue weighted by molar-refractivity contribution is 6.65. The lowest BCUT2D eigenvalue weighted by molar-refractivity contribution is 0.251. The van der Waals surface area contributed by atoms with E-state index in [2.05, 4.69) is 24.0 Å². The SMILES string of the molecule is CCC1(c2ccccc2)c2cc(Cl)ccc2N=C(Cl)N1C. The predicted molar refractivity (Wildman–Crippen MR) is 89.7 cm³/mol. The number of aliphatic imine (C=N–C) groups is 1. The summed E-state index contributed by atoms with van der Waals surface area (Å²) < 4.78 is 0. The van der Waals surface area contributed by atoms with Crippen LogP contribution in [-0.2, 0) is 5.54 Å². The number of fused-ring (bicyclic) bond motifs is 1. The molecule has 0 saturated heterocycles. The van der Waals surface area contributed by atoms with Crippen molar-refractivity contribution in [3.05, 3.63) is 64.7 Å². The fraction of sp³-hybridized carbons (Fsp3) is 0.235. The number of halogens is 2. The fourth-order valence-electron chi connectivity index (χ4n) is 3.14. The average Bonchev–Trinajstić information content (AvgIpc) is 2.51. The maximum absolute atomic E-state index is 6.39. The van der Waals surface area contributed by atoms with Crippen LogP contribution in [-0.4, -0.2) is 17.2 Å². The lowest BCUT2D eigenvalue weighted by Crippen LogP contribution is -2.48. The first-order valence-electron chi connectivity index (χ1n) is 6.93. The van der Waals surface area contributed by atoms with E-state index in [1.807, 2.05) is 48.3 Å². The predicted octanol–water partition coefficient (Wildman–Crippen LogP) is 5.17. The highest BCUT2D eigenvalue weighted by Gasteiger charge is 2.42. The monoisotopic (exact) mass is 318 g/mol. The van der Waals surface area contributed by atoms with Gasteiger partial charge in [0.1, 0.15) is 0 Å². The van der Waals surface area contributed by atoms with Gasteiger partial charge in [-0.05, 0) is 41.8 Å². The molecule has 3 rings (SSSR count). The lowest BCUT2D eigenvalue weighted by Gasteiger charge is -2.45. The summed E-state index contributed by atoms with van der Waals surface area (Å²) in [4.78, 5) is 6.52. The van der Waals surface area contributed by atoms with Gasteiger partial charge < -0.3 is 4.90 Å². The molecule has 2 nitrogen and oxygen atoms in total. The van der Waals surface area contributed by atoms with Crippen LogP contribution in [0.4, 0.5) is 5.69 Å². The minimum absolute atomic E-state index is 0.347. The second-order valence-electron chi connectivity index (χ2n) is 5.18. The molecule has 1 unspecified atom stereocenters. The Balaban J connectivity index is 2.34. The summed E-state index contributed by atoms with van der Waals surface area (Å²) in [7, 11) is 1.98. The van der Waals surface area contributed by atoms with Gasteiger partial charge in [0.2, 0.25) is 0 Å². The highest BCUT2D eigenvalue weighted by atomic mass is 35.5. The van der Waals surface area contributed by atoms with Crippen molar-refractivity contribution in [3.63, 3.8) is 0 Å². The Hall–Kier alpha value is -1.51.